The second kappa shape index (κ2) is 9.22. The van der Waals surface area contributed by atoms with E-state index in [0.717, 1.165) is 16.7 Å². The molecule has 6 heteroatoms. The van der Waals surface area contributed by atoms with Gasteiger partial charge >= 0.3 is 11.9 Å². The topological polar surface area (TPSA) is 73.9 Å². The fraction of sp³-hybridized carbons (Fsp3) is 0.619. The van der Waals surface area contributed by atoms with Crippen molar-refractivity contribution in [3.05, 3.63) is 28.8 Å². The van der Waals surface area contributed by atoms with Gasteiger partial charge < -0.3 is 19.5 Å². The molecule has 152 valence electrons. The van der Waals surface area contributed by atoms with Crippen LogP contribution in [0.4, 0.5) is 0 Å². The Morgan fingerprint density at radius 2 is 1.59 bits per heavy atom. The van der Waals surface area contributed by atoms with Gasteiger partial charge in [-0.05, 0) is 72.1 Å². The van der Waals surface area contributed by atoms with Crippen molar-refractivity contribution in [2.75, 3.05) is 13.2 Å². The summed E-state index contributed by atoms with van der Waals surface area (Å²) in [5.41, 5.74) is 1.30. The van der Waals surface area contributed by atoms with Crippen LogP contribution in [0.2, 0.25) is 0 Å². The predicted octanol–water partition coefficient (Wildman–Crippen LogP) is 3.46. The molecule has 6 nitrogen and oxygen atoms in total. The monoisotopic (exact) mass is 379 g/mol. The summed E-state index contributed by atoms with van der Waals surface area (Å²) in [5.74, 6) is -0.0112. The molecular formula is C21H33NO5. The summed E-state index contributed by atoms with van der Waals surface area (Å²) in [7, 11) is 0. The number of aryl methyl sites for hydroxylation is 2. The average Bonchev–Trinajstić information content (AvgIpc) is 2.49. The van der Waals surface area contributed by atoms with Gasteiger partial charge in [-0.3, -0.25) is 4.79 Å². The van der Waals surface area contributed by atoms with Crippen LogP contribution in [0.5, 0.6) is 5.75 Å². The summed E-state index contributed by atoms with van der Waals surface area (Å²) < 4.78 is 16.3. The van der Waals surface area contributed by atoms with Gasteiger partial charge in [0.15, 0.2) is 5.60 Å². The van der Waals surface area contributed by atoms with Crippen LogP contribution in [0.25, 0.3) is 0 Å². The maximum atomic E-state index is 12.1. The van der Waals surface area contributed by atoms with E-state index in [1.165, 1.54) is 0 Å². The van der Waals surface area contributed by atoms with Gasteiger partial charge in [-0.25, -0.2) is 4.79 Å². The lowest BCUT2D eigenvalue weighted by Gasteiger charge is -2.26. The summed E-state index contributed by atoms with van der Waals surface area (Å²) in [6.45, 7) is 15.5. The summed E-state index contributed by atoms with van der Waals surface area (Å²) in [6, 6.07) is 3.96. The molecule has 0 unspecified atom stereocenters. The van der Waals surface area contributed by atoms with Crippen LogP contribution >= 0.6 is 0 Å². The standard InChI is InChI=1S/C21H33NO5/c1-9-25-19(24)21(7,8)27-18-14(2)10-16(11-15(18)3)12-22-13-17(23)26-20(4,5)6/h10-11,22H,9,12-13H2,1-8H3. The van der Waals surface area contributed by atoms with Crippen molar-refractivity contribution in [1.29, 1.82) is 0 Å². The van der Waals surface area contributed by atoms with Crippen molar-refractivity contribution in [3.8, 4) is 5.75 Å². The number of rotatable bonds is 8. The Morgan fingerprint density at radius 3 is 2.07 bits per heavy atom. The van der Waals surface area contributed by atoms with Gasteiger partial charge in [0, 0.05) is 6.54 Å². The first-order valence-corrected chi connectivity index (χ1v) is 9.24. The van der Waals surface area contributed by atoms with E-state index in [9.17, 15) is 9.59 Å². The number of carbonyl (C=O) groups is 2. The number of hydrogen-bond acceptors (Lipinski definition) is 6. The van der Waals surface area contributed by atoms with E-state index >= 15 is 0 Å². The second-order valence-corrected chi connectivity index (χ2v) is 8.08. The summed E-state index contributed by atoms with van der Waals surface area (Å²) in [4.78, 5) is 23.8. The Morgan fingerprint density at radius 1 is 1.04 bits per heavy atom. The second-order valence-electron chi connectivity index (χ2n) is 8.08. The minimum Gasteiger partial charge on any atom is -0.476 e. The van der Waals surface area contributed by atoms with Gasteiger partial charge in [0.05, 0.1) is 13.2 Å². The molecule has 0 atom stereocenters. The van der Waals surface area contributed by atoms with Crippen molar-refractivity contribution in [1.82, 2.24) is 5.32 Å². The summed E-state index contributed by atoms with van der Waals surface area (Å²) in [6.07, 6.45) is 0. The molecule has 0 heterocycles. The molecule has 1 aromatic rings. The number of ether oxygens (including phenoxy) is 3. The molecule has 0 aliphatic rings. The first-order chi connectivity index (χ1) is 12.4. The molecule has 27 heavy (non-hydrogen) atoms. The fourth-order valence-electron chi connectivity index (χ4n) is 2.59. The van der Waals surface area contributed by atoms with E-state index < -0.39 is 17.2 Å². The van der Waals surface area contributed by atoms with Gasteiger partial charge in [0.2, 0.25) is 0 Å². The Balaban J connectivity index is 2.75. The highest BCUT2D eigenvalue weighted by Crippen LogP contribution is 2.29. The molecule has 0 aliphatic heterocycles. The Bertz CT molecular complexity index is 651. The van der Waals surface area contributed by atoms with Gasteiger partial charge in [-0.15, -0.1) is 0 Å². The van der Waals surface area contributed by atoms with Gasteiger partial charge in [-0.2, -0.15) is 0 Å². The van der Waals surface area contributed by atoms with Gasteiger partial charge in [0.1, 0.15) is 11.4 Å². The van der Waals surface area contributed by atoms with Crippen LogP contribution in [-0.4, -0.2) is 36.3 Å². The maximum Gasteiger partial charge on any atom is 0.349 e. The minimum absolute atomic E-state index is 0.142. The van der Waals surface area contributed by atoms with Crippen molar-refractivity contribution < 1.29 is 23.8 Å². The first-order valence-electron chi connectivity index (χ1n) is 9.24. The van der Waals surface area contributed by atoms with Crippen LogP contribution < -0.4 is 10.1 Å². The van der Waals surface area contributed by atoms with Crippen LogP contribution in [0.1, 0.15) is 58.2 Å². The van der Waals surface area contributed by atoms with Crippen LogP contribution in [-0.2, 0) is 25.6 Å². The summed E-state index contributed by atoms with van der Waals surface area (Å²) in [5, 5.41) is 3.09. The fourth-order valence-corrected chi connectivity index (χ4v) is 2.59. The molecule has 0 amide bonds. The molecule has 0 fully saturated rings. The molecule has 0 aliphatic carbocycles. The summed E-state index contributed by atoms with van der Waals surface area (Å²) >= 11 is 0. The maximum absolute atomic E-state index is 12.1. The Labute approximate surface area is 162 Å². The van der Waals surface area contributed by atoms with Gasteiger partial charge in [0.25, 0.3) is 0 Å². The normalized spacial score (nSPS) is 11.9. The number of esters is 2. The van der Waals surface area contributed by atoms with Gasteiger partial charge in [-0.1, -0.05) is 12.1 Å². The minimum atomic E-state index is -1.07. The number of carbonyl (C=O) groups excluding carboxylic acids is 2. The largest absolute Gasteiger partial charge is 0.476 e. The highest BCUT2D eigenvalue weighted by molar-refractivity contribution is 5.79. The zero-order chi connectivity index (χ0) is 20.8. The third kappa shape index (κ3) is 7.59. The third-order valence-corrected chi connectivity index (χ3v) is 3.66. The highest BCUT2D eigenvalue weighted by atomic mass is 16.6. The van der Waals surface area contributed by atoms with Crippen LogP contribution in [0.3, 0.4) is 0 Å². The van der Waals surface area contributed by atoms with E-state index in [2.05, 4.69) is 5.32 Å². The number of nitrogens with one attached hydrogen (secondary N) is 1. The molecule has 1 N–H and O–H groups in total. The van der Waals surface area contributed by atoms with E-state index in [1.54, 1.807) is 20.8 Å². The van der Waals surface area contributed by atoms with Crippen molar-refractivity contribution in [2.24, 2.45) is 0 Å². The predicted molar refractivity (Wildman–Crippen MR) is 105 cm³/mol. The lowest BCUT2D eigenvalue weighted by atomic mass is 10.0. The Kier molecular flexibility index (Phi) is 7.84. The van der Waals surface area contributed by atoms with E-state index in [-0.39, 0.29) is 12.5 Å². The number of hydrogen-bond donors (Lipinski definition) is 1. The van der Waals surface area contributed by atoms with Crippen molar-refractivity contribution in [2.45, 2.75) is 73.1 Å². The molecule has 0 saturated heterocycles. The lowest BCUT2D eigenvalue weighted by Crippen LogP contribution is -2.40. The molecule has 0 aromatic heterocycles. The highest BCUT2D eigenvalue weighted by Gasteiger charge is 2.32. The molecule has 1 rings (SSSR count). The SMILES string of the molecule is CCOC(=O)C(C)(C)Oc1c(C)cc(CNCC(=O)OC(C)(C)C)cc1C. The quantitative estimate of drug-likeness (QED) is 0.698. The zero-order valence-electron chi connectivity index (χ0n) is 17.8. The van der Waals surface area contributed by atoms with Crippen molar-refractivity contribution >= 4 is 11.9 Å². The van der Waals surface area contributed by atoms with Crippen LogP contribution in [0, 0.1) is 13.8 Å². The van der Waals surface area contributed by atoms with Crippen LogP contribution in [0.15, 0.2) is 12.1 Å². The lowest BCUT2D eigenvalue weighted by molar-refractivity contribution is -0.158. The molecule has 0 radical (unpaired) electrons. The molecule has 1 aromatic carbocycles. The molecular weight excluding hydrogens is 346 g/mol. The van der Waals surface area contributed by atoms with E-state index in [1.807, 2.05) is 46.8 Å². The van der Waals surface area contributed by atoms with Crippen molar-refractivity contribution in [3.63, 3.8) is 0 Å². The molecule has 0 saturated carbocycles. The smallest absolute Gasteiger partial charge is 0.349 e. The van der Waals surface area contributed by atoms with E-state index in [4.69, 9.17) is 14.2 Å². The molecule has 0 bridgehead atoms. The molecule has 0 spiro atoms. The average molecular weight is 379 g/mol. The first kappa shape index (κ1) is 23.0. The van der Waals surface area contributed by atoms with E-state index in [0.29, 0.717) is 18.9 Å². The number of benzene rings is 1. The Hall–Kier alpha value is -2.08. The third-order valence-electron chi connectivity index (χ3n) is 3.66. The zero-order valence-corrected chi connectivity index (χ0v) is 17.8.